The Hall–Kier alpha value is -15.4. The molecular formula is C106H105F11N14O14. The molecule has 145 heavy (non-hydrogen) atoms. The standard InChI is InChI=1S/C23H27FN2O4.C22H25FN2O2.C21H17F4N5O3.C21H20F4N2O3.C19H16FN3O2/c1-3-11-27-13-14-28-16-18-4-6-19(7-5-18)22-25-23(30-26-22)20-8-9-21(17(2)15-20)29-12-10-24;1-3-4-5-6-17-7-9-18(10-8-17)21-24-22(27-25-21)19-11-12-20(16(2)15-19)26-14-13-23;22-7-8-32-18-6-5-15(9-17(18)21(23,24)25)20-26-19(28-33-20)14-3-1-13(2-4-14)10-30-11-16(12-31)27-29-30;1-2-10-28-13-14-3-5-15(6-4-14)19-26-20(30-27-19)16-7-8-18(29-11-9-22)17(12-16)21(23,24)25;1-2-13-3-5-14(6-4-13)18-22-19(25-23-18)15-7-8-17(24-10-9-20)16(11-15)12-21/h4-9,15H,3,10-14,16H2,1-2H3;7-12,15H,3-6,13-14H2,1-2H3;1-6,9,11,31H,7-8,10,12H2;3-8,12H,2,9-11,13H2,1H3;3-8,11H,2,9-10H2,1H3/i24-1;23-1;2*22-1;20-1. The molecular weight excluding hydrogens is 1900 g/mol. The lowest BCUT2D eigenvalue weighted by Crippen LogP contribution is -2.10. The van der Waals surface area contributed by atoms with Crippen molar-refractivity contribution in [3.05, 3.63) is 280 Å². The second kappa shape index (κ2) is 55.3. The molecule has 0 fully saturated rings. The Morgan fingerprint density at radius 1 is 0.345 bits per heavy atom. The molecule has 0 amide bonds. The van der Waals surface area contributed by atoms with E-state index in [1.54, 1.807) is 65.5 Å². The number of nitriles is 1. The lowest BCUT2D eigenvalue weighted by molar-refractivity contribution is -0.139. The van der Waals surface area contributed by atoms with Gasteiger partial charge in [0, 0.05) is 68.8 Å². The molecule has 0 saturated carbocycles. The first-order valence-corrected chi connectivity index (χ1v) is 46.5. The van der Waals surface area contributed by atoms with E-state index in [1.807, 2.05) is 136 Å². The lowest BCUT2D eigenvalue weighted by atomic mass is 10.1. The minimum absolute atomic E-state index is 0.0402. The molecule has 0 saturated heterocycles. The molecule has 0 radical (unpaired) electrons. The van der Waals surface area contributed by atoms with Crippen LogP contribution in [0.5, 0.6) is 28.7 Å². The number of ether oxygens (including phenoxy) is 8. The van der Waals surface area contributed by atoms with Gasteiger partial charge in [-0.05, 0) is 176 Å². The Morgan fingerprint density at radius 2 is 0.662 bits per heavy atom. The van der Waals surface area contributed by atoms with Crippen LogP contribution in [0.15, 0.2) is 241 Å². The highest BCUT2D eigenvalue weighted by Gasteiger charge is 2.37. The second-order valence-corrected chi connectivity index (χ2v) is 32.1. The largest absolute Gasteiger partial charge is 0.491 e. The number of hydrogen-bond donors (Lipinski definition) is 1. The second-order valence-electron chi connectivity index (χ2n) is 32.1. The summed E-state index contributed by atoms with van der Waals surface area (Å²) in [7, 11) is 0. The van der Waals surface area contributed by atoms with Gasteiger partial charge in [-0.3, -0.25) is 0 Å². The maximum atomic E-state index is 13.4. The fourth-order valence-electron chi connectivity index (χ4n) is 13.9. The predicted octanol–water partition coefficient (Wildman–Crippen LogP) is 24.6. The van der Waals surface area contributed by atoms with Crippen LogP contribution in [0.25, 0.3) is 114 Å². The Balaban J connectivity index is 0.000000162. The van der Waals surface area contributed by atoms with Gasteiger partial charge in [-0.2, -0.15) is 56.5 Å². The summed E-state index contributed by atoms with van der Waals surface area (Å²) >= 11 is 0. The van der Waals surface area contributed by atoms with Gasteiger partial charge in [-0.15, -0.1) is 5.10 Å². The molecule has 0 atom stereocenters. The van der Waals surface area contributed by atoms with Crippen LogP contribution < -0.4 is 23.7 Å². The average Bonchev–Trinajstić information content (AvgIpc) is 1.68. The highest BCUT2D eigenvalue weighted by Crippen LogP contribution is 2.42. The molecule has 0 bridgehead atoms. The van der Waals surface area contributed by atoms with Crippen molar-refractivity contribution < 1.29 is 114 Å². The van der Waals surface area contributed by atoms with Crippen LogP contribution in [0.1, 0.15) is 121 Å². The van der Waals surface area contributed by atoms with Crippen molar-refractivity contribution in [3.63, 3.8) is 0 Å². The summed E-state index contributed by atoms with van der Waals surface area (Å²) in [6, 6.07) is 63.0. The van der Waals surface area contributed by atoms with Gasteiger partial charge in [0.05, 0.1) is 62.5 Å². The summed E-state index contributed by atoms with van der Waals surface area (Å²) in [5.41, 5.74) is 12.2. The number of alkyl halides is 11. The summed E-state index contributed by atoms with van der Waals surface area (Å²) in [5.74, 6) is 3.74. The van der Waals surface area contributed by atoms with E-state index in [0.717, 1.165) is 112 Å². The molecule has 0 aliphatic heterocycles. The minimum Gasteiger partial charge on any atom is -0.491 e. The quantitative estimate of drug-likeness (QED) is 0.0274. The van der Waals surface area contributed by atoms with Gasteiger partial charge in [-0.25, -0.2) is 26.6 Å². The van der Waals surface area contributed by atoms with E-state index in [0.29, 0.717) is 114 Å². The maximum absolute atomic E-state index is 13.4. The molecule has 39 heteroatoms. The highest BCUT2D eigenvalue weighted by atomic mass is 19.4. The Kier molecular flexibility index (Phi) is 41.3. The molecule has 0 aliphatic carbocycles. The summed E-state index contributed by atoms with van der Waals surface area (Å²) in [5, 5.41) is 45.9. The summed E-state index contributed by atoms with van der Waals surface area (Å²) in [6.45, 7) is 11.7. The van der Waals surface area contributed by atoms with Gasteiger partial charge in [0.2, 0.25) is 29.1 Å². The van der Waals surface area contributed by atoms with Crippen molar-refractivity contribution >= 4 is 0 Å². The minimum atomic E-state index is -4.71. The molecule has 0 spiro atoms. The van der Waals surface area contributed by atoms with Crippen molar-refractivity contribution in [1.29, 1.82) is 5.26 Å². The van der Waals surface area contributed by atoms with Gasteiger partial charge in [0.1, 0.15) is 107 Å². The molecule has 1 N–H and O–H groups in total. The molecule has 10 aromatic carbocycles. The van der Waals surface area contributed by atoms with Crippen molar-refractivity contribution in [2.24, 2.45) is 0 Å². The van der Waals surface area contributed by atoms with Crippen molar-refractivity contribution in [1.82, 2.24) is 65.7 Å². The van der Waals surface area contributed by atoms with E-state index < -0.39 is 81.6 Å². The number of aliphatic hydroxyl groups is 1. The van der Waals surface area contributed by atoms with Crippen LogP contribution in [0.4, 0.5) is 48.3 Å². The monoisotopic (exact) mass is 2000 g/mol. The van der Waals surface area contributed by atoms with Gasteiger partial charge >= 0.3 is 12.4 Å². The Morgan fingerprint density at radius 3 is 1.01 bits per heavy atom. The third-order valence-electron chi connectivity index (χ3n) is 21.3. The number of nitrogens with zero attached hydrogens (tertiary/aromatic N) is 14. The zero-order valence-corrected chi connectivity index (χ0v) is 80.1. The van der Waals surface area contributed by atoms with Crippen LogP contribution >= 0.6 is 0 Å². The number of aromatic nitrogens is 13. The number of aliphatic hydroxyl groups excluding tert-OH is 1. The van der Waals surface area contributed by atoms with Crippen LogP contribution in [0.2, 0.25) is 0 Å². The number of benzene rings is 10. The summed E-state index contributed by atoms with van der Waals surface area (Å²) in [4.78, 5) is 21.8. The number of hydrogen-bond acceptors (Lipinski definition) is 27. The van der Waals surface area contributed by atoms with E-state index in [2.05, 4.69) is 93.9 Å². The van der Waals surface area contributed by atoms with E-state index in [9.17, 15) is 53.6 Å². The molecule has 0 unspecified atom stereocenters. The normalized spacial score (nSPS) is 11.2. The third kappa shape index (κ3) is 32.0. The van der Waals surface area contributed by atoms with Crippen LogP contribution in [0, 0.1) is 25.2 Å². The first kappa shape index (κ1) is 108. The average molecular weight is 2000 g/mol. The van der Waals surface area contributed by atoms with Gasteiger partial charge in [0.25, 0.3) is 29.5 Å². The zero-order valence-electron chi connectivity index (χ0n) is 80.1. The van der Waals surface area contributed by atoms with Crippen molar-refractivity contribution in [3.8, 4) is 149 Å². The Labute approximate surface area is 827 Å². The zero-order chi connectivity index (χ0) is 103. The fourth-order valence-corrected chi connectivity index (χ4v) is 13.9. The SMILES string of the molecule is CCCCCc1ccc(-c2noc(-c3ccc(OCC[18F])c(C)c3)n2)cc1.CCCOCCOCc1ccc(-c2noc(-c3ccc(OCC[18F])c(C)c3)n2)cc1.CCCOCc1ccc(-c2noc(-c3ccc(OCC[18F])c(C(F)(F)F)c3)n2)cc1.CCc1ccc(-c2noc(-c3ccc(OCC[18F])c(C#N)c3)n2)cc1.OCc1cn(Cc2ccc(-c3noc(-c4ccc(OCC[18F])c(C(F)(F)F)c4)n3)cc2)nn1. The number of halogens is 11. The van der Waals surface area contributed by atoms with Gasteiger partial charge < -0.3 is 65.6 Å². The summed E-state index contributed by atoms with van der Waals surface area (Å²) in [6.07, 6.45) is -0.0498. The molecule has 760 valence electrons. The number of aryl methyl sites for hydroxylation is 4. The lowest BCUT2D eigenvalue weighted by Gasteiger charge is -2.13. The fraction of sp³-hybridized carbons (Fsp3) is 0.311. The van der Waals surface area contributed by atoms with Crippen LogP contribution in [0.3, 0.4) is 0 Å². The molecule has 0 aliphatic rings. The van der Waals surface area contributed by atoms with Gasteiger partial charge in [0.15, 0.2) is 0 Å². The first-order valence-electron chi connectivity index (χ1n) is 46.5. The third-order valence-corrected chi connectivity index (χ3v) is 21.3. The van der Waals surface area contributed by atoms with Crippen LogP contribution in [-0.2, 0) is 65.8 Å². The summed E-state index contributed by atoms with van der Waals surface area (Å²) < 4.78 is 212. The molecule has 6 aromatic heterocycles. The van der Waals surface area contributed by atoms with Crippen molar-refractivity contribution in [2.45, 2.75) is 125 Å². The topological polar surface area (TPSA) is 343 Å². The number of unbranched alkanes of at least 4 members (excludes halogenated alkanes) is 2. The van der Waals surface area contributed by atoms with Gasteiger partial charge in [-0.1, -0.05) is 193 Å². The van der Waals surface area contributed by atoms with Crippen LogP contribution in [-0.4, -0.2) is 164 Å². The highest BCUT2D eigenvalue weighted by molar-refractivity contribution is 5.68. The maximum Gasteiger partial charge on any atom is 0.419 e. The van der Waals surface area contributed by atoms with E-state index in [-0.39, 0.29) is 66.5 Å². The number of rotatable bonds is 44. The van der Waals surface area contributed by atoms with E-state index in [4.69, 9.17) is 65.6 Å². The van der Waals surface area contributed by atoms with Crippen molar-refractivity contribution in [2.75, 3.05) is 92.8 Å². The molecule has 16 rings (SSSR count). The molecule has 6 heterocycles. The smallest absolute Gasteiger partial charge is 0.419 e. The molecule has 16 aromatic rings. The molecule has 28 nitrogen and oxygen atoms in total. The van der Waals surface area contributed by atoms with E-state index >= 15 is 0 Å². The van der Waals surface area contributed by atoms with E-state index in [1.165, 1.54) is 42.5 Å². The Bertz CT molecular complexity index is 6690. The first-order chi connectivity index (χ1) is 70.4. The predicted molar refractivity (Wildman–Crippen MR) is 516 cm³/mol.